The molecule has 3 heteroatoms. The van der Waals surface area contributed by atoms with E-state index in [1.165, 1.54) is 12.0 Å². The molecule has 0 radical (unpaired) electrons. The monoisotopic (exact) mass is 410 g/mol. The molecule has 0 bridgehead atoms. The van der Waals surface area contributed by atoms with Crippen LogP contribution in [0.1, 0.15) is 84.8 Å². The van der Waals surface area contributed by atoms with E-state index >= 15 is 0 Å². The number of Topliss-reactive ketones (excluding diaryl/α,β-unsaturated/α-hetero) is 1. The molecule has 0 N–H and O–H groups in total. The molecule has 1 aromatic carbocycles. The molecule has 1 unspecified atom stereocenters. The van der Waals surface area contributed by atoms with Gasteiger partial charge in [-0.25, -0.2) is 0 Å². The molecule has 2 nitrogen and oxygen atoms in total. The molecule has 3 rings (SSSR count). The summed E-state index contributed by atoms with van der Waals surface area (Å²) >= 11 is 0. The van der Waals surface area contributed by atoms with E-state index in [0.29, 0.717) is 28.1 Å². The number of ketones is 1. The topological polar surface area (TPSA) is 26.3 Å². The third kappa shape index (κ3) is 3.99. The van der Waals surface area contributed by atoms with Gasteiger partial charge in [0.1, 0.15) is 16.3 Å². The number of carbonyl (C=O) groups excluding carboxylic acids is 1. The first-order valence-electron chi connectivity index (χ1n) is 11.2. The number of benzene rings is 1. The Bertz CT molecular complexity index is 827. The van der Waals surface area contributed by atoms with Crippen LogP contribution in [0.15, 0.2) is 24.3 Å². The van der Waals surface area contributed by atoms with Crippen LogP contribution in [0.2, 0.25) is 0 Å². The first kappa shape index (κ1) is 22.3. The molecule has 2 fully saturated rings. The van der Waals surface area contributed by atoms with Crippen LogP contribution in [0.3, 0.4) is 0 Å². The average molecular weight is 411 g/mol. The van der Waals surface area contributed by atoms with Crippen LogP contribution in [0.5, 0.6) is 0 Å². The van der Waals surface area contributed by atoms with Crippen molar-refractivity contribution in [3.05, 3.63) is 35.4 Å². The SMILES string of the molecule is C[C@@H](C#Cc1cccc(C(C)(O[SiH3])C(C)(C)C)c1)[C@H]1CC[C@H]2C(=O)CCC[C@]12C. The Kier molecular flexibility index (Phi) is 6.19. The fourth-order valence-corrected chi connectivity index (χ4v) is 6.69. The van der Waals surface area contributed by atoms with Gasteiger partial charge < -0.3 is 4.43 Å². The number of rotatable bonds is 3. The third-order valence-electron chi connectivity index (χ3n) is 8.24. The van der Waals surface area contributed by atoms with Crippen LogP contribution < -0.4 is 0 Å². The van der Waals surface area contributed by atoms with Crippen LogP contribution in [0.4, 0.5) is 0 Å². The highest BCUT2D eigenvalue weighted by atomic mass is 28.2. The van der Waals surface area contributed by atoms with Gasteiger partial charge in [-0.15, -0.1) is 0 Å². The zero-order valence-corrected chi connectivity index (χ0v) is 21.4. The summed E-state index contributed by atoms with van der Waals surface area (Å²) in [5.74, 6) is 8.61. The Balaban J connectivity index is 1.83. The summed E-state index contributed by atoms with van der Waals surface area (Å²) in [4.78, 5) is 12.4. The van der Waals surface area contributed by atoms with Crippen LogP contribution in [-0.2, 0) is 14.8 Å². The summed E-state index contributed by atoms with van der Waals surface area (Å²) in [6.07, 6.45) is 5.21. The molecule has 0 heterocycles. The van der Waals surface area contributed by atoms with Gasteiger partial charge >= 0.3 is 0 Å². The first-order valence-corrected chi connectivity index (χ1v) is 12.0. The predicted octanol–water partition coefficient (Wildman–Crippen LogP) is 5.02. The molecule has 0 saturated heterocycles. The van der Waals surface area contributed by atoms with Crippen molar-refractivity contribution in [1.82, 2.24) is 0 Å². The van der Waals surface area contributed by atoms with E-state index in [2.05, 4.69) is 77.6 Å². The molecule has 2 saturated carbocycles. The normalized spacial score (nSPS) is 30.2. The summed E-state index contributed by atoms with van der Waals surface area (Å²) in [7, 11) is 0.698. The molecule has 2 aliphatic carbocycles. The second kappa shape index (κ2) is 8.04. The summed E-state index contributed by atoms with van der Waals surface area (Å²) in [6, 6.07) is 8.56. The van der Waals surface area contributed by atoms with Gasteiger partial charge in [0.2, 0.25) is 0 Å². The van der Waals surface area contributed by atoms with E-state index in [9.17, 15) is 4.79 Å². The van der Waals surface area contributed by atoms with Crippen LogP contribution in [0.25, 0.3) is 0 Å². The average Bonchev–Trinajstić information content (AvgIpc) is 3.03. The van der Waals surface area contributed by atoms with Crippen molar-refractivity contribution in [3.63, 3.8) is 0 Å². The largest absolute Gasteiger partial charge is 0.418 e. The van der Waals surface area contributed by atoms with E-state index in [1.807, 2.05) is 0 Å². The van der Waals surface area contributed by atoms with E-state index < -0.39 is 0 Å². The van der Waals surface area contributed by atoms with Crippen molar-refractivity contribution in [1.29, 1.82) is 0 Å². The van der Waals surface area contributed by atoms with Crippen LogP contribution >= 0.6 is 0 Å². The Labute approximate surface area is 180 Å². The van der Waals surface area contributed by atoms with E-state index in [4.69, 9.17) is 4.43 Å². The predicted molar refractivity (Wildman–Crippen MR) is 123 cm³/mol. The standard InChI is InChI=1S/C26H38O2Si/c1-18(21-14-15-22-23(27)11-8-16-25(21,22)5)12-13-19-9-7-10-20(17-19)26(6,28-29)24(2,3)4/h7,9-10,17-18,21-22H,8,11,14-16H2,1-6,29H3/t18-,21+,22-,25+,26?/m0/s1. The molecule has 5 atom stereocenters. The van der Waals surface area contributed by atoms with Crippen molar-refractivity contribution in [3.8, 4) is 11.8 Å². The highest BCUT2D eigenvalue weighted by Gasteiger charge is 2.52. The maximum Gasteiger partial charge on any atom is 0.147 e. The van der Waals surface area contributed by atoms with Crippen molar-refractivity contribution < 1.29 is 9.22 Å². The van der Waals surface area contributed by atoms with Gasteiger partial charge in [0.05, 0.1) is 5.60 Å². The van der Waals surface area contributed by atoms with E-state index in [-0.39, 0.29) is 22.3 Å². The fraction of sp³-hybridized carbons (Fsp3) is 0.654. The fourth-order valence-electron chi connectivity index (χ4n) is 5.84. The molecular weight excluding hydrogens is 372 g/mol. The number of hydrogen-bond donors (Lipinski definition) is 0. The Morgan fingerprint density at radius 3 is 2.62 bits per heavy atom. The van der Waals surface area contributed by atoms with E-state index in [1.54, 1.807) is 0 Å². The Morgan fingerprint density at radius 1 is 1.24 bits per heavy atom. The summed E-state index contributed by atoms with van der Waals surface area (Å²) < 4.78 is 6.09. The lowest BCUT2D eigenvalue weighted by Crippen LogP contribution is -2.39. The minimum atomic E-state index is -0.308. The molecular formula is C26H38O2Si. The Hall–Kier alpha value is -1.37. The Morgan fingerprint density at radius 2 is 1.97 bits per heavy atom. The van der Waals surface area contributed by atoms with Crippen LogP contribution in [-0.4, -0.2) is 16.3 Å². The third-order valence-corrected chi connectivity index (χ3v) is 9.05. The number of fused-ring (bicyclic) bond motifs is 1. The van der Waals surface area contributed by atoms with Gasteiger partial charge in [0.25, 0.3) is 0 Å². The van der Waals surface area contributed by atoms with Crippen molar-refractivity contribution in [2.24, 2.45) is 28.6 Å². The lowest BCUT2D eigenvalue weighted by molar-refractivity contribution is -0.129. The lowest BCUT2D eigenvalue weighted by Gasteiger charge is -2.42. The molecule has 0 amide bonds. The summed E-state index contributed by atoms with van der Waals surface area (Å²) in [5.41, 5.74) is 2.11. The van der Waals surface area contributed by atoms with Gasteiger partial charge in [-0.2, -0.15) is 0 Å². The molecule has 29 heavy (non-hydrogen) atoms. The van der Waals surface area contributed by atoms with Crippen molar-refractivity contribution in [2.75, 3.05) is 0 Å². The molecule has 2 aliphatic rings. The highest BCUT2D eigenvalue weighted by molar-refractivity contribution is 5.98. The zero-order valence-electron chi connectivity index (χ0n) is 19.4. The first-order chi connectivity index (χ1) is 13.5. The van der Waals surface area contributed by atoms with E-state index in [0.717, 1.165) is 31.2 Å². The second-order valence-corrected chi connectivity index (χ2v) is 11.1. The summed E-state index contributed by atoms with van der Waals surface area (Å²) in [6.45, 7) is 13.5. The minimum absolute atomic E-state index is 0.00899. The maximum absolute atomic E-state index is 12.4. The molecule has 0 aromatic heterocycles. The van der Waals surface area contributed by atoms with Gasteiger partial charge in [0, 0.05) is 23.8 Å². The summed E-state index contributed by atoms with van der Waals surface area (Å²) in [5, 5.41) is 0. The van der Waals surface area contributed by atoms with Gasteiger partial charge in [-0.3, -0.25) is 4.79 Å². The maximum atomic E-state index is 12.4. The number of carbonyl (C=O) groups is 1. The second-order valence-electron chi connectivity index (χ2n) is 10.7. The molecule has 1 aromatic rings. The quantitative estimate of drug-likeness (QED) is 0.517. The van der Waals surface area contributed by atoms with Crippen molar-refractivity contribution >= 4 is 16.3 Å². The minimum Gasteiger partial charge on any atom is -0.418 e. The lowest BCUT2D eigenvalue weighted by atomic mass is 9.62. The van der Waals surface area contributed by atoms with Crippen molar-refractivity contribution in [2.45, 2.75) is 79.2 Å². The molecule has 0 aliphatic heterocycles. The highest BCUT2D eigenvalue weighted by Crippen LogP contribution is 2.56. The molecule has 158 valence electrons. The van der Waals surface area contributed by atoms with Crippen LogP contribution in [0, 0.1) is 40.4 Å². The number of hydrogen-bond acceptors (Lipinski definition) is 2. The zero-order chi connectivity index (χ0) is 21.4. The van der Waals surface area contributed by atoms with Gasteiger partial charge in [0.15, 0.2) is 0 Å². The molecule has 0 spiro atoms. The van der Waals surface area contributed by atoms with Gasteiger partial charge in [-0.05, 0) is 67.1 Å². The van der Waals surface area contributed by atoms with Gasteiger partial charge in [-0.1, -0.05) is 58.6 Å². The smallest absolute Gasteiger partial charge is 0.147 e.